The Bertz CT molecular complexity index is 756. The van der Waals surface area contributed by atoms with Crippen molar-refractivity contribution in [2.45, 2.75) is 12.5 Å². The Morgan fingerprint density at radius 2 is 2.20 bits per heavy atom. The zero-order chi connectivity index (χ0) is 14.1. The first kappa shape index (κ1) is 13.6. The van der Waals surface area contributed by atoms with Crippen molar-refractivity contribution in [2.75, 3.05) is 0 Å². The molecule has 0 amide bonds. The van der Waals surface area contributed by atoms with Gasteiger partial charge in [-0.25, -0.2) is 0 Å². The van der Waals surface area contributed by atoms with Gasteiger partial charge in [-0.3, -0.25) is 4.98 Å². The minimum absolute atomic E-state index is 0.388. The van der Waals surface area contributed by atoms with Crippen LogP contribution in [0.4, 0.5) is 0 Å². The van der Waals surface area contributed by atoms with E-state index >= 15 is 0 Å². The Hall–Kier alpha value is -1.36. The van der Waals surface area contributed by atoms with Crippen LogP contribution >= 0.6 is 27.5 Å². The maximum absolute atomic E-state index is 10.3. The highest BCUT2D eigenvalue weighted by molar-refractivity contribution is 9.10. The summed E-state index contributed by atoms with van der Waals surface area (Å²) in [6, 6.07) is 9.42. The highest BCUT2D eigenvalue weighted by atomic mass is 79.9. The Labute approximate surface area is 129 Å². The van der Waals surface area contributed by atoms with E-state index < -0.39 is 6.10 Å². The molecule has 102 valence electrons. The average Bonchev–Trinajstić information content (AvgIpc) is 2.87. The fourth-order valence-electron chi connectivity index (χ4n) is 2.09. The van der Waals surface area contributed by atoms with Crippen molar-refractivity contribution in [1.82, 2.24) is 4.98 Å². The van der Waals surface area contributed by atoms with E-state index in [0.29, 0.717) is 17.2 Å². The van der Waals surface area contributed by atoms with Gasteiger partial charge >= 0.3 is 0 Å². The molecule has 1 N–H and O–H groups in total. The molecule has 3 aromatic rings. The van der Waals surface area contributed by atoms with E-state index in [-0.39, 0.29) is 0 Å². The molecule has 0 saturated heterocycles. The van der Waals surface area contributed by atoms with Crippen LogP contribution in [-0.4, -0.2) is 10.1 Å². The van der Waals surface area contributed by atoms with E-state index in [4.69, 9.17) is 16.0 Å². The van der Waals surface area contributed by atoms with Crippen molar-refractivity contribution in [1.29, 1.82) is 0 Å². The Morgan fingerprint density at radius 1 is 1.35 bits per heavy atom. The van der Waals surface area contributed by atoms with Crippen LogP contribution in [0, 0.1) is 0 Å². The van der Waals surface area contributed by atoms with Gasteiger partial charge in [0, 0.05) is 24.2 Å². The number of furan rings is 1. The molecule has 20 heavy (non-hydrogen) atoms. The second kappa shape index (κ2) is 5.56. The maximum Gasteiger partial charge on any atom is 0.148 e. The number of pyridine rings is 1. The fraction of sp³-hybridized carbons (Fsp3) is 0.133. The summed E-state index contributed by atoms with van der Waals surface area (Å²) in [5.74, 6) is 0.528. The zero-order valence-electron chi connectivity index (χ0n) is 10.4. The molecule has 1 unspecified atom stereocenters. The number of aliphatic hydroxyl groups is 1. The number of hydrogen-bond donors (Lipinski definition) is 1. The predicted molar refractivity (Wildman–Crippen MR) is 81.8 cm³/mol. The van der Waals surface area contributed by atoms with Gasteiger partial charge in [0.2, 0.25) is 0 Å². The first-order valence-electron chi connectivity index (χ1n) is 6.09. The minimum Gasteiger partial charge on any atom is -0.457 e. The van der Waals surface area contributed by atoms with Crippen LogP contribution in [0.2, 0.25) is 5.02 Å². The van der Waals surface area contributed by atoms with Crippen LogP contribution in [0.3, 0.4) is 0 Å². The first-order valence-corrected chi connectivity index (χ1v) is 7.26. The lowest BCUT2D eigenvalue weighted by molar-refractivity contribution is 0.152. The third kappa shape index (κ3) is 2.59. The quantitative estimate of drug-likeness (QED) is 0.754. The summed E-state index contributed by atoms with van der Waals surface area (Å²) < 4.78 is 6.59. The predicted octanol–water partition coefficient (Wildman–Crippen LogP) is 4.52. The number of benzene rings is 1. The van der Waals surface area contributed by atoms with E-state index in [9.17, 15) is 5.11 Å². The molecule has 0 fully saturated rings. The molecule has 1 atom stereocenters. The second-order valence-electron chi connectivity index (χ2n) is 4.49. The third-order valence-corrected chi connectivity index (χ3v) is 4.08. The van der Waals surface area contributed by atoms with Crippen LogP contribution in [-0.2, 0) is 6.42 Å². The molecule has 2 aromatic heterocycles. The van der Waals surface area contributed by atoms with Gasteiger partial charge in [0.05, 0.1) is 9.50 Å². The Kier molecular flexibility index (Phi) is 3.78. The van der Waals surface area contributed by atoms with Crippen LogP contribution in [0.15, 0.2) is 51.6 Å². The second-order valence-corrected chi connectivity index (χ2v) is 5.76. The molecule has 0 aliphatic rings. The summed E-state index contributed by atoms with van der Waals surface area (Å²) in [5, 5.41) is 11.8. The number of hydrogen-bond acceptors (Lipinski definition) is 3. The highest BCUT2D eigenvalue weighted by Crippen LogP contribution is 2.31. The van der Waals surface area contributed by atoms with Crippen molar-refractivity contribution in [3.8, 4) is 0 Å². The number of rotatable bonds is 3. The number of para-hydroxylation sites is 1. The molecule has 2 heterocycles. The van der Waals surface area contributed by atoms with Gasteiger partial charge in [-0.05, 0) is 39.7 Å². The van der Waals surface area contributed by atoms with Gasteiger partial charge in [0.1, 0.15) is 17.4 Å². The van der Waals surface area contributed by atoms with Gasteiger partial charge in [-0.1, -0.05) is 23.7 Å². The van der Waals surface area contributed by atoms with Crippen LogP contribution < -0.4 is 0 Å². The topological polar surface area (TPSA) is 46.3 Å². The van der Waals surface area contributed by atoms with Crippen LogP contribution in [0.5, 0.6) is 0 Å². The highest BCUT2D eigenvalue weighted by Gasteiger charge is 2.16. The van der Waals surface area contributed by atoms with Crippen LogP contribution in [0.1, 0.15) is 17.4 Å². The molecule has 0 aliphatic carbocycles. The third-order valence-electron chi connectivity index (χ3n) is 3.11. The van der Waals surface area contributed by atoms with Crippen molar-refractivity contribution in [2.24, 2.45) is 0 Å². The van der Waals surface area contributed by atoms with Gasteiger partial charge in [0.25, 0.3) is 0 Å². The first-order chi connectivity index (χ1) is 9.65. The van der Waals surface area contributed by atoms with E-state index in [2.05, 4.69) is 20.9 Å². The lowest BCUT2D eigenvalue weighted by atomic mass is 10.1. The largest absolute Gasteiger partial charge is 0.457 e. The normalized spacial score (nSPS) is 12.8. The molecule has 0 aliphatic heterocycles. The number of halogens is 2. The summed E-state index contributed by atoms with van der Waals surface area (Å²) in [5.41, 5.74) is 1.58. The van der Waals surface area contributed by atoms with E-state index in [1.807, 2.05) is 24.3 Å². The lowest BCUT2D eigenvalue weighted by Gasteiger charge is -2.08. The Morgan fingerprint density at radius 3 is 2.95 bits per heavy atom. The van der Waals surface area contributed by atoms with Crippen molar-refractivity contribution in [3.05, 3.63) is 63.5 Å². The number of nitrogens with zero attached hydrogens (tertiary/aromatic N) is 1. The molecule has 0 saturated carbocycles. The Balaban J connectivity index is 1.91. The smallest absolute Gasteiger partial charge is 0.148 e. The standard InChI is InChI=1S/C15H11BrClNO2/c16-11-3-1-2-10-7-14(20-15(10)11)13(19)6-9-4-5-18-8-12(9)17/h1-5,7-8,13,19H,6H2. The molecule has 5 heteroatoms. The monoisotopic (exact) mass is 351 g/mol. The summed E-state index contributed by atoms with van der Waals surface area (Å²) in [6.07, 6.45) is 2.87. The average molecular weight is 353 g/mol. The van der Waals surface area contributed by atoms with E-state index in [1.165, 1.54) is 0 Å². The molecule has 1 aromatic carbocycles. The molecular formula is C15H11BrClNO2. The summed E-state index contributed by atoms with van der Waals surface area (Å²) in [4.78, 5) is 3.93. The summed E-state index contributed by atoms with van der Waals surface area (Å²) >= 11 is 9.48. The van der Waals surface area contributed by atoms with Gasteiger partial charge in [-0.15, -0.1) is 0 Å². The molecule has 0 spiro atoms. The maximum atomic E-state index is 10.3. The van der Waals surface area contributed by atoms with Crippen LogP contribution in [0.25, 0.3) is 11.0 Å². The van der Waals surface area contributed by atoms with Crippen molar-refractivity contribution in [3.63, 3.8) is 0 Å². The minimum atomic E-state index is -0.741. The number of aliphatic hydroxyl groups excluding tert-OH is 1. The van der Waals surface area contributed by atoms with Crippen molar-refractivity contribution < 1.29 is 9.52 Å². The fourth-order valence-corrected chi connectivity index (χ4v) is 2.75. The van der Waals surface area contributed by atoms with Gasteiger partial charge in [-0.2, -0.15) is 0 Å². The molecule has 0 bridgehead atoms. The number of fused-ring (bicyclic) bond motifs is 1. The lowest BCUT2D eigenvalue weighted by Crippen LogP contribution is -2.01. The number of aromatic nitrogens is 1. The van der Waals surface area contributed by atoms with Gasteiger partial charge in [0.15, 0.2) is 0 Å². The van der Waals surface area contributed by atoms with E-state index in [0.717, 1.165) is 21.0 Å². The van der Waals surface area contributed by atoms with E-state index in [1.54, 1.807) is 18.5 Å². The molecule has 0 radical (unpaired) electrons. The van der Waals surface area contributed by atoms with Crippen molar-refractivity contribution >= 4 is 38.5 Å². The molecular weight excluding hydrogens is 342 g/mol. The molecule has 3 nitrogen and oxygen atoms in total. The zero-order valence-corrected chi connectivity index (χ0v) is 12.7. The molecule has 3 rings (SSSR count). The summed E-state index contributed by atoms with van der Waals surface area (Å²) in [6.45, 7) is 0. The summed E-state index contributed by atoms with van der Waals surface area (Å²) in [7, 11) is 0. The van der Waals surface area contributed by atoms with Gasteiger partial charge < -0.3 is 9.52 Å². The SMILES string of the molecule is OC(Cc1ccncc1Cl)c1cc2cccc(Br)c2o1.